The molecule has 4 aliphatic carbocycles. The zero-order chi connectivity index (χ0) is 15.4. The van der Waals surface area contributed by atoms with Crippen molar-refractivity contribution in [2.24, 2.45) is 40.4 Å². The molecule has 1 unspecified atom stereocenters. The summed E-state index contributed by atoms with van der Waals surface area (Å²) in [5.41, 5.74) is 0.218. The first kappa shape index (κ1) is 15.8. The van der Waals surface area contributed by atoms with Gasteiger partial charge in [0.1, 0.15) is 6.10 Å². The van der Waals surface area contributed by atoms with Crippen molar-refractivity contribution in [3.05, 3.63) is 0 Å². The maximum atomic E-state index is 9.89. The number of hydrogen-bond donors (Lipinski definition) is 1. The quantitative estimate of drug-likeness (QED) is 0.545. The molecule has 4 saturated carbocycles. The maximum absolute atomic E-state index is 9.89. The molecule has 0 heterocycles. The van der Waals surface area contributed by atoms with Crippen molar-refractivity contribution in [1.29, 1.82) is 0 Å². The second kappa shape index (κ2) is 5.23. The van der Waals surface area contributed by atoms with E-state index in [-0.39, 0.29) is 16.9 Å². The Labute approximate surface area is 130 Å². The van der Waals surface area contributed by atoms with Crippen LogP contribution in [0.4, 0.5) is 0 Å². The summed E-state index contributed by atoms with van der Waals surface area (Å²) >= 11 is 0. The van der Waals surface area contributed by atoms with Crippen molar-refractivity contribution in [2.75, 3.05) is 0 Å². The molecular weight excluding hydrogens is 260 g/mol. The Morgan fingerprint density at radius 1 is 1.05 bits per heavy atom. The topological polar surface area (TPSA) is 29.5 Å². The van der Waals surface area contributed by atoms with Crippen molar-refractivity contribution in [1.82, 2.24) is 0 Å². The van der Waals surface area contributed by atoms with Crippen LogP contribution in [-0.4, -0.2) is 11.4 Å². The van der Waals surface area contributed by atoms with Gasteiger partial charge < -0.3 is 0 Å². The third-order valence-corrected chi connectivity index (χ3v) is 7.73. The van der Waals surface area contributed by atoms with E-state index in [4.69, 9.17) is 4.89 Å². The van der Waals surface area contributed by atoms with Crippen LogP contribution in [0.3, 0.4) is 0 Å². The van der Waals surface area contributed by atoms with Gasteiger partial charge in [-0.25, -0.2) is 4.89 Å². The lowest BCUT2D eigenvalue weighted by molar-refractivity contribution is -0.361. The predicted octanol–water partition coefficient (Wildman–Crippen LogP) is 5.38. The molecule has 122 valence electrons. The van der Waals surface area contributed by atoms with E-state index in [2.05, 4.69) is 34.6 Å². The average molecular weight is 294 g/mol. The fraction of sp³-hybridized carbons (Fsp3) is 1.00. The third kappa shape index (κ3) is 2.12. The fourth-order valence-electron chi connectivity index (χ4n) is 6.77. The highest BCUT2D eigenvalue weighted by atomic mass is 17.1. The molecule has 4 aliphatic rings. The van der Waals surface area contributed by atoms with E-state index in [1.54, 1.807) is 0 Å². The Bertz CT molecular complexity index is 357. The molecule has 2 nitrogen and oxygen atoms in total. The molecular formula is C19H34O2. The van der Waals surface area contributed by atoms with Crippen LogP contribution in [0, 0.1) is 40.4 Å². The minimum atomic E-state index is -0.0231. The molecule has 4 rings (SSSR count). The summed E-state index contributed by atoms with van der Waals surface area (Å²) in [6, 6.07) is 0. The number of rotatable bonds is 5. The first-order valence-corrected chi connectivity index (χ1v) is 9.16. The summed E-state index contributed by atoms with van der Waals surface area (Å²) in [5, 5.41) is 9.89. The monoisotopic (exact) mass is 294 g/mol. The Morgan fingerprint density at radius 3 is 1.86 bits per heavy atom. The van der Waals surface area contributed by atoms with Crippen LogP contribution in [-0.2, 0) is 4.89 Å². The van der Waals surface area contributed by atoms with Gasteiger partial charge in [-0.2, -0.15) is 0 Å². The molecule has 1 atom stereocenters. The molecule has 0 saturated heterocycles. The van der Waals surface area contributed by atoms with E-state index in [9.17, 15) is 5.26 Å². The zero-order valence-electron chi connectivity index (χ0n) is 14.6. The van der Waals surface area contributed by atoms with E-state index < -0.39 is 0 Å². The first-order chi connectivity index (χ1) is 9.86. The molecule has 2 heteroatoms. The van der Waals surface area contributed by atoms with Crippen molar-refractivity contribution >= 4 is 0 Å². The molecule has 21 heavy (non-hydrogen) atoms. The maximum Gasteiger partial charge on any atom is 0.104 e. The van der Waals surface area contributed by atoms with Crippen molar-refractivity contribution in [3.8, 4) is 0 Å². The molecule has 0 spiro atoms. The van der Waals surface area contributed by atoms with Crippen LogP contribution >= 0.6 is 0 Å². The fourth-order valence-corrected chi connectivity index (χ4v) is 6.77. The molecule has 0 aromatic carbocycles. The summed E-state index contributed by atoms with van der Waals surface area (Å²) in [6.45, 7) is 11.5. The van der Waals surface area contributed by atoms with Gasteiger partial charge >= 0.3 is 0 Å². The lowest BCUT2D eigenvalue weighted by Gasteiger charge is -2.66. The Hall–Kier alpha value is -0.0800. The Morgan fingerprint density at radius 2 is 1.52 bits per heavy atom. The Balaban J connectivity index is 2.04. The van der Waals surface area contributed by atoms with Gasteiger partial charge in [-0.15, -0.1) is 0 Å². The van der Waals surface area contributed by atoms with Crippen molar-refractivity contribution in [2.45, 2.75) is 79.2 Å². The standard InChI is InChI=1S/C19H34O2/c1-6-18(4,5)17(21-20)19(12(2)3)15-8-13-7-14(10-15)11-16(19)9-13/h12-17,20H,6-11H2,1-5H3. The molecule has 1 N–H and O–H groups in total. The molecule has 0 aliphatic heterocycles. The highest BCUT2D eigenvalue weighted by Crippen LogP contribution is 2.68. The Kier molecular flexibility index (Phi) is 3.94. The molecule has 0 aromatic rings. The summed E-state index contributed by atoms with van der Waals surface area (Å²) in [4.78, 5) is 5.30. The molecule has 0 amide bonds. The van der Waals surface area contributed by atoms with Gasteiger partial charge in [-0.1, -0.05) is 34.6 Å². The highest BCUT2D eigenvalue weighted by molar-refractivity contribution is 5.12. The van der Waals surface area contributed by atoms with Gasteiger partial charge in [0.15, 0.2) is 0 Å². The smallest absolute Gasteiger partial charge is 0.104 e. The van der Waals surface area contributed by atoms with E-state index in [0.29, 0.717) is 5.92 Å². The lowest BCUT2D eigenvalue weighted by Crippen LogP contribution is -2.64. The van der Waals surface area contributed by atoms with E-state index >= 15 is 0 Å². The number of hydrogen-bond acceptors (Lipinski definition) is 2. The predicted molar refractivity (Wildman–Crippen MR) is 85.9 cm³/mol. The van der Waals surface area contributed by atoms with Crippen LogP contribution in [0.15, 0.2) is 0 Å². The van der Waals surface area contributed by atoms with Crippen LogP contribution in [0.5, 0.6) is 0 Å². The van der Waals surface area contributed by atoms with Gasteiger partial charge in [0.05, 0.1) is 0 Å². The average Bonchev–Trinajstić information content (AvgIpc) is 2.41. The normalized spacial score (nSPS) is 43.6. The SMILES string of the molecule is CCC(C)(C)C(OO)C1(C(C)C)C2CC3CC(C2)CC1C3. The molecule has 0 radical (unpaired) electrons. The van der Waals surface area contributed by atoms with Gasteiger partial charge in [0.25, 0.3) is 0 Å². The second-order valence-electron chi connectivity index (χ2n) is 9.29. The van der Waals surface area contributed by atoms with E-state index in [1.165, 1.54) is 32.1 Å². The summed E-state index contributed by atoms with van der Waals surface area (Å²) in [5.74, 6) is 4.02. The third-order valence-electron chi connectivity index (χ3n) is 7.73. The van der Waals surface area contributed by atoms with Crippen LogP contribution in [0.25, 0.3) is 0 Å². The first-order valence-electron chi connectivity index (χ1n) is 9.16. The summed E-state index contributed by atoms with van der Waals surface area (Å²) in [7, 11) is 0. The van der Waals surface area contributed by atoms with E-state index in [0.717, 1.165) is 30.1 Å². The zero-order valence-corrected chi connectivity index (χ0v) is 14.6. The van der Waals surface area contributed by atoms with Gasteiger partial charge in [-0.05, 0) is 73.5 Å². The second-order valence-corrected chi connectivity index (χ2v) is 9.29. The largest absolute Gasteiger partial charge is 0.251 e. The highest BCUT2D eigenvalue weighted by Gasteiger charge is 2.64. The van der Waals surface area contributed by atoms with Crippen molar-refractivity contribution < 1.29 is 10.1 Å². The minimum Gasteiger partial charge on any atom is -0.251 e. The van der Waals surface area contributed by atoms with Gasteiger partial charge in [-0.3, -0.25) is 5.26 Å². The lowest BCUT2D eigenvalue weighted by atomic mass is 9.39. The van der Waals surface area contributed by atoms with Gasteiger partial charge in [0.2, 0.25) is 0 Å². The molecule has 4 bridgehead atoms. The van der Waals surface area contributed by atoms with Crippen LogP contribution in [0.1, 0.15) is 73.1 Å². The van der Waals surface area contributed by atoms with E-state index in [1.807, 2.05) is 0 Å². The van der Waals surface area contributed by atoms with Crippen LogP contribution < -0.4 is 0 Å². The minimum absolute atomic E-state index is 0.0231. The summed E-state index contributed by atoms with van der Waals surface area (Å²) in [6.07, 6.45) is 8.03. The van der Waals surface area contributed by atoms with Crippen molar-refractivity contribution in [3.63, 3.8) is 0 Å². The molecule has 4 fully saturated rings. The molecule has 0 aromatic heterocycles. The van der Waals surface area contributed by atoms with Gasteiger partial charge in [0, 0.05) is 5.41 Å². The van der Waals surface area contributed by atoms with Crippen LogP contribution in [0.2, 0.25) is 0 Å². The summed E-state index contributed by atoms with van der Waals surface area (Å²) < 4.78 is 0.